The minimum atomic E-state index is 0. The third kappa shape index (κ3) is 100. The van der Waals surface area contributed by atoms with Crippen molar-refractivity contribution in [3.8, 4) is 0 Å². The van der Waals surface area contributed by atoms with E-state index >= 15 is 0 Å². The van der Waals surface area contributed by atoms with E-state index in [0.717, 1.165) is 0 Å². The van der Waals surface area contributed by atoms with Crippen LogP contribution in [0.15, 0.2) is 0 Å². The molecular formula is Bi2Co2Fe2Mo2O3. The van der Waals surface area contributed by atoms with E-state index in [2.05, 4.69) is 0 Å². The molecule has 11 heavy (non-hydrogen) atoms. The van der Waals surface area contributed by atoms with Crippen LogP contribution in [0.2, 0.25) is 0 Å². The summed E-state index contributed by atoms with van der Waals surface area (Å²) in [5.41, 5.74) is 0. The van der Waals surface area contributed by atoms with Gasteiger partial charge < -0.3 is 16.4 Å². The number of hydrogen-bond acceptors (Lipinski definition) is 0. The van der Waals surface area contributed by atoms with Gasteiger partial charge in [0.2, 0.25) is 0 Å². The van der Waals surface area contributed by atoms with Gasteiger partial charge in [0.05, 0.1) is 0 Å². The zero-order valence-electron chi connectivity index (χ0n) is 4.31. The zero-order chi connectivity index (χ0) is 0. The van der Waals surface area contributed by atoms with Crippen molar-refractivity contribution in [2.24, 2.45) is 0 Å². The second-order valence-electron chi connectivity index (χ2n) is 0. The van der Waals surface area contributed by atoms with Crippen LogP contribution in [0.4, 0.5) is 0 Å². The fourth-order valence-electron chi connectivity index (χ4n) is 0. The average molecular weight is 887 g/mol. The van der Waals surface area contributed by atoms with Crippen molar-refractivity contribution >= 4 is 52.4 Å². The second-order valence-corrected chi connectivity index (χ2v) is 0. The van der Waals surface area contributed by atoms with E-state index < -0.39 is 0 Å². The fourth-order valence-corrected chi connectivity index (χ4v) is 0. The van der Waals surface area contributed by atoms with Crippen LogP contribution in [0, 0.1) is 0 Å². The summed E-state index contributed by atoms with van der Waals surface area (Å²) in [6.07, 6.45) is 0. The average Bonchev–Trinajstić information content (AvgIpc) is 0. The van der Waals surface area contributed by atoms with Gasteiger partial charge in [-0.2, -0.15) is 0 Å². The van der Waals surface area contributed by atoms with E-state index in [9.17, 15) is 0 Å². The molecule has 0 aromatic carbocycles. The predicted octanol–water partition coefficient (Wildman–Crippen LogP) is -1.13. The standard InChI is InChI=1S/2Bi.2Co.2Fe.2Mo.3O/q;;;;2*+3;;;3*-2. The van der Waals surface area contributed by atoms with Gasteiger partial charge >= 0.3 is 34.1 Å². The summed E-state index contributed by atoms with van der Waals surface area (Å²) < 4.78 is 0. The molecule has 0 saturated carbocycles. The Hall–Kier alpha value is 5.07. The van der Waals surface area contributed by atoms with Crippen molar-refractivity contribution in [2.45, 2.75) is 0 Å². The van der Waals surface area contributed by atoms with Gasteiger partial charge in [-0.25, -0.2) is 0 Å². The van der Waals surface area contributed by atoms with E-state index in [4.69, 9.17) is 0 Å². The van der Waals surface area contributed by atoms with Crippen LogP contribution in [0.5, 0.6) is 0 Å². The second kappa shape index (κ2) is 116. The van der Waals surface area contributed by atoms with Gasteiger partial charge in [-0.1, -0.05) is 0 Å². The molecule has 0 aromatic rings. The summed E-state index contributed by atoms with van der Waals surface area (Å²) in [5.74, 6) is 0. The van der Waals surface area contributed by atoms with Crippen molar-refractivity contribution in [3.63, 3.8) is 0 Å². The summed E-state index contributed by atoms with van der Waals surface area (Å²) in [5, 5.41) is 0. The first-order valence-electron chi connectivity index (χ1n) is 0. The van der Waals surface area contributed by atoms with Crippen molar-refractivity contribution in [3.05, 3.63) is 0 Å². The molecule has 0 aromatic heterocycles. The Balaban J connectivity index is 0. The van der Waals surface area contributed by atoms with Crippen molar-refractivity contribution in [1.29, 1.82) is 0 Å². The van der Waals surface area contributed by atoms with Gasteiger partial charge in [0.15, 0.2) is 0 Å². The van der Waals surface area contributed by atoms with Gasteiger partial charge in [-0.3, -0.25) is 0 Å². The molecule has 74 valence electrons. The molecule has 3 nitrogen and oxygen atoms in total. The maximum absolute atomic E-state index is 0. The van der Waals surface area contributed by atoms with Crippen LogP contribution in [-0.2, 0) is 126 Å². The third-order valence-electron chi connectivity index (χ3n) is 0. The smallest absolute Gasteiger partial charge is 2.00 e. The Bertz CT molecular complexity index is 25.3. The van der Waals surface area contributed by atoms with Gasteiger partial charge in [-0.05, 0) is 0 Å². The Kier molecular flexibility index (Phi) is 1500. The molecule has 0 bridgehead atoms. The molecule has 0 saturated heterocycles. The minimum Gasteiger partial charge on any atom is -2.00 e. The van der Waals surface area contributed by atoms with Gasteiger partial charge in [0.1, 0.15) is 0 Å². The molecule has 10 radical (unpaired) electrons. The molecule has 0 aliphatic heterocycles. The zero-order valence-corrected chi connectivity index (χ0v) is 19.6. The van der Waals surface area contributed by atoms with E-state index in [1.165, 1.54) is 0 Å². The van der Waals surface area contributed by atoms with Crippen molar-refractivity contribution < 1.29 is 126 Å². The Labute approximate surface area is 175 Å². The summed E-state index contributed by atoms with van der Waals surface area (Å²) in [6, 6.07) is 0. The molecular weight excluding hydrogens is 887 g/mol. The van der Waals surface area contributed by atoms with Gasteiger partial charge in [-0.15, -0.1) is 0 Å². The third-order valence-corrected chi connectivity index (χ3v) is 0. The maximum Gasteiger partial charge on any atom is 3.00 e. The topological polar surface area (TPSA) is 85.5 Å². The van der Waals surface area contributed by atoms with E-state index in [0.29, 0.717) is 0 Å². The molecule has 0 unspecified atom stereocenters. The van der Waals surface area contributed by atoms with Crippen LogP contribution < -0.4 is 0 Å². The quantitative estimate of drug-likeness (QED) is 0.276. The van der Waals surface area contributed by atoms with Crippen LogP contribution in [0.25, 0.3) is 0 Å². The summed E-state index contributed by atoms with van der Waals surface area (Å²) >= 11 is 0. The van der Waals surface area contributed by atoms with Gasteiger partial charge in [0, 0.05) is 128 Å². The normalized spacial score (nSPS) is 0. The first-order chi connectivity index (χ1) is 0. The van der Waals surface area contributed by atoms with E-state index in [1.54, 1.807) is 0 Å². The Morgan fingerprint density at radius 1 is 0.455 bits per heavy atom. The molecule has 11 heteroatoms. The predicted molar refractivity (Wildman–Crippen MR) is 13.6 cm³/mol. The molecule has 0 amide bonds. The van der Waals surface area contributed by atoms with Crippen molar-refractivity contribution in [1.82, 2.24) is 0 Å². The monoisotopic (exact) mass is 891 g/mol. The summed E-state index contributed by atoms with van der Waals surface area (Å²) in [4.78, 5) is 0. The van der Waals surface area contributed by atoms with Gasteiger partial charge in [0.25, 0.3) is 0 Å². The molecule has 0 N–H and O–H groups in total. The number of hydrogen-bond donors (Lipinski definition) is 0. The first kappa shape index (κ1) is 142. The molecule has 0 rings (SSSR count). The molecule has 0 fully saturated rings. The van der Waals surface area contributed by atoms with Crippen LogP contribution in [0.1, 0.15) is 0 Å². The van der Waals surface area contributed by atoms with E-state index in [-0.39, 0.29) is 179 Å². The van der Waals surface area contributed by atoms with Crippen molar-refractivity contribution in [2.75, 3.05) is 0 Å². The van der Waals surface area contributed by atoms with E-state index in [1.807, 2.05) is 0 Å². The minimum absolute atomic E-state index is 0. The molecule has 0 atom stereocenters. The molecule has 0 spiro atoms. The Morgan fingerprint density at radius 2 is 0.455 bits per heavy atom. The first-order valence-corrected chi connectivity index (χ1v) is 0. The molecule has 0 heterocycles. The molecule has 0 aliphatic rings. The Morgan fingerprint density at radius 3 is 0.455 bits per heavy atom. The SMILES string of the molecule is [Bi].[Bi].[Co].[Co].[Fe+3].[Fe+3].[Mo].[Mo].[O-2].[O-2].[O-2]. The van der Waals surface area contributed by atoms with Crippen LogP contribution in [0.3, 0.4) is 0 Å². The fraction of sp³-hybridized carbons (Fsp3) is 0. The molecule has 0 aliphatic carbocycles. The largest absolute Gasteiger partial charge is 3.00 e. The summed E-state index contributed by atoms with van der Waals surface area (Å²) in [6.45, 7) is 0. The van der Waals surface area contributed by atoms with Crippen LogP contribution >= 0.6 is 0 Å². The summed E-state index contributed by atoms with van der Waals surface area (Å²) in [7, 11) is 0. The number of rotatable bonds is 0. The van der Waals surface area contributed by atoms with Crippen LogP contribution in [-0.4, -0.2) is 52.4 Å². The maximum atomic E-state index is 0.